The van der Waals surface area contributed by atoms with Crippen molar-refractivity contribution >= 4 is 39.1 Å². The van der Waals surface area contributed by atoms with Crippen LogP contribution in [0.25, 0.3) is 0 Å². The quantitative estimate of drug-likeness (QED) is 0.696. The molecule has 7 nitrogen and oxygen atoms in total. The highest BCUT2D eigenvalue weighted by Gasteiger charge is 2.39. The fraction of sp³-hybridized carbons (Fsp3) is 0.556. The van der Waals surface area contributed by atoms with Gasteiger partial charge in [0.2, 0.25) is 11.8 Å². The van der Waals surface area contributed by atoms with Crippen molar-refractivity contribution in [2.24, 2.45) is 0 Å². The number of likely N-dealkylation sites (N-methyl/N-ethyl adjacent to an activating group) is 1. The van der Waals surface area contributed by atoms with E-state index in [1.165, 1.54) is 16.2 Å². The van der Waals surface area contributed by atoms with Crippen LogP contribution in [0, 0.1) is 6.92 Å². The molecule has 1 aliphatic rings. The van der Waals surface area contributed by atoms with Crippen molar-refractivity contribution in [3.8, 4) is 0 Å². The number of halogens is 1. The second-order valence-electron chi connectivity index (χ2n) is 6.95. The highest BCUT2D eigenvalue weighted by Crippen LogP contribution is 2.34. The summed E-state index contributed by atoms with van der Waals surface area (Å²) in [4.78, 5) is 31.7. The Morgan fingerprint density at radius 1 is 1.30 bits per heavy atom. The van der Waals surface area contributed by atoms with Gasteiger partial charge in [-0.05, 0) is 40.9 Å². The first-order chi connectivity index (χ1) is 12.9. The summed E-state index contributed by atoms with van der Waals surface area (Å²) >= 11 is 4.70. The van der Waals surface area contributed by atoms with Crippen molar-refractivity contribution in [3.05, 3.63) is 32.5 Å². The molecule has 1 N–H and O–H groups in total. The molecular formula is C18H23BrN4O3S. The van der Waals surface area contributed by atoms with Crippen LogP contribution in [0.4, 0.5) is 0 Å². The van der Waals surface area contributed by atoms with Crippen molar-refractivity contribution < 1.29 is 14.1 Å². The van der Waals surface area contributed by atoms with E-state index in [1.54, 1.807) is 20.0 Å². The van der Waals surface area contributed by atoms with E-state index >= 15 is 0 Å². The summed E-state index contributed by atoms with van der Waals surface area (Å²) in [6.07, 6.45) is 5.78. The number of nitrogens with one attached hydrogen (secondary N) is 1. The van der Waals surface area contributed by atoms with E-state index in [4.69, 9.17) is 4.52 Å². The van der Waals surface area contributed by atoms with E-state index in [0.29, 0.717) is 16.6 Å². The number of hydrogen-bond donors (Lipinski definition) is 1. The number of hydrogen-bond acceptors (Lipinski definition) is 6. The Morgan fingerprint density at radius 3 is 2.56 bits per heavy atom. The van der Waals surface area contributed by atoms with Crippen molar-refractivity contribution in [3.63, 3.8) is 0 Å². The van der Waals surface area contributed by atoms with Gasteiger partial charge >= 0.3 is 0 Å². The van der Waals surface area contributed by atoms with Crippen LogP contribution in [0.15, 0.2) is 20.4 Å². The molecule has 2 amide bonds. The lowest BCUT2D eigenvalue weighted by Gasteiger charge is -2.31. The summed E-state index contributed by atoms with van der Waals surface area (Å²) in [5, 5.41) is 7.21. The Morgan fingerprint density at radius 2 is 2.00 bits per heavy atom. The molecular weight excluding hydrogens is 432 g/mol. The summed E-state index contributed by atoms with van der Waals surface area (Å²) in [5.41, 5.74) is -0.624. The molecule has 0 bridgehead atoms. The molecule has 0 radical (unpaired) electrons. The second kappa shape index (κ2) is 8.52. The van der Waals surface area contributed by atoms with Crippen LogP contribution < -0.4 is 5.32 Å². The summed E-state index contributed by atoms with van der Waals surface area (Å²) in [5.74, 6) is 0.627. The molecule has 0 atom stereocenters. The molecule has 1 aliphatic carbocycles. The summed E-state index contributed by atoms with van der Waals surface area (Å²) in [6.45, 7) is 1.72. The third-order valence-corrected chi connectivity index (χ3v) is 6.41. The van der Waals surface area contributed by atoms with E-state index in [1.807, 2.05) is 6.07 Å². The zero-order valence-electron chi connectivity index (χ0n) is 15.5. The number of rotatable bonds is 5. The van der Waals surface area contributed by atoms with E-state index < -0.39 is 5.54 Å². The van der Waals surface area contributed by atoms with Crippen LogP contribution in [0.3, 0.4) is 0 Å². The molecule has 27 heavy (non-hydrogen) atoms. The highest BCUT2D eigenvalue weighted by atomic mass is 79.9. The molecule has 146 valence electrons. The smallest absolute Gasteiger partial charge is 0.264 e. The van der Waals surface area contributed by atoms with Gasteiger partial charge in [-0.25, -0.2) is 0 Å². The van der Waals surface area contributed by atoms with E-state index in [-0.39, 0.29) is 18.4 Å². The first kappa shape index (κ1) is 20.0. The van der Waals surface area contributed by atoms with Gasteiger partial charge in [0.05, 0.1) is 15.2 Å². The number of carbonyl (C=O) groups excluding carboxylic acids is 2. The maximum Gasteiger partial charge on any atom is 0.264 e. The zero-order valence-corrected chi connectivity index (χ0v) is 17.9. The van der Waals surface area contributed by atoms with E-state index in [0.717, 1.165) is 42.3 Å². The van der Waals surface area contributed by atoms with Crippen molar-refractivity contribution in [2.75, 3.05) is 13.6 Å². The number of aryl methyl sites for hydroxylation is 1. The highest BCUT2D eigenvalue weighted by molar-refractivity contribution is 9.11. The Balaban J connectivity index is 1.71. The van der Waals surface area contributed by atoms with Crippen molar-refractivity contribution in [1.82, 2.24) is 20.4 Å². The lowest BCUT2D eigenvalue weighted by atomic mass is 9.89. The Hall–Kier alpha value is -1.74. The maximum atomic E-state index is 12.8. The minimum Gasteiger partial charge on any atom is -0.342 e. The number of aromatic nitrogens is 2. The van der Waals surface area contributed by atoms with E-state index in [2.05, 4.69) is 31.4 Å². The Kier molecular flexibility index (Phi) is 6.31. The third-order valence-electron chi connectivity index (χ3n) is 4.80. The molecule has 2 aromatic heterocycles. The van der Waals surface area contributed by atoms with Gasteiger partial charge in [0, 0.05) is 14.0 Å². The van der Waals surface area contributed by atoms with Gasteiger partial charge in [-0.2, -0.15) is 4.98 Å². The maximum absolute atomic E-state index is 12.8. The topological polar surface area (TPSA) is 88.3 Å². The Bertz CT molecular complexity index is 811. The number of nitrogens with zero attached hydrogens (tertiary/aromatic N) is 3. The Labute approximate surface area is 170 Å². The molecule has 1 fully saturated rings. The average Bonchev–Trinajstić information content (AvgIpc) is 3.18. The van der Waals surface area contributed by atoms with Gasteiger partial charge in [0.15, 0.2) is 5.82 Å². The molecule has 3 rings (SSSR count). The molecule has 0 saturated heterocycles. The average molecular weight is 455 g/mol. The lowest BCUT2D eigenvalue weighted by Crippen LogP contribution is -2.50. The predicted octanol–water partition coefficient (Wildman–Crippen LogP) is 3.64. The fourth-order valence-electron chi connectivity index (χ4n) is 3.44. The minimum absolute atomic E-state index is 0.0209. The fourth-order valence-corrected chi connectivity index (χ4v) is 4.82. The van der Waals surface area contributed by atoms with Crippen LogP contribution in [-0.4, -0.2) is 40.4 Å². The van der Waals surface area contributed by atoms with Crippen LogP contribution in [0.2, 0.25) is 0 Å². The molecule has 1 saturated carbocycles. The van der Waals surface area contributed by atoms with Gasteiger partial charge in [-0.15, -0.1) is 11.3 Å². The molecule has 2 heterocycles. The van der Waals surface area contributed by atoms with Gasteiger partial charge < -0.3 is 14.7 Å². The summed E-state index contributed by atoms with van der Waals surface area (Å²) < 4.78 is 6.05. The van der Waals surface area contributed by atoms with Gasteiger partial charge in [-0.3, -0.25) is 9.59 Å². The first-order valence-corrected chi connectivity index (χ1v) is 10.6. The molecule has 2 aromatic rings. The largest absolute Gasteiger partial charge is 0.342 e. The van der Waals surface area contributed by atoms with Crippen molar-refractivity contribution in [2.45, 2.75) is 51.0 Å². The first-order valence-electron chi connectivity index (χ1n) is 9.02. The summed E-state index contributed by atoms with van der Waals surface area (Å²) in [7, 11) is 1.63. The number of carbonyl (C=O) groups is 2. The molecule has 0 spiro atoms. The number of amides is 2. The summed E-state index contributed by atoms with van der Waals surface area (Å²) in [6, 6.07) is 3.57. The van der Waals surface area contributed by atoms with Gasteiger partial charge in [0.25, 0.3) is 5.91 Å². The predicted molar refractivity (Wildman–Crippen MR) is 106 cm³/mol. The van der Waals surface area contributed by atoms with Crippen molar-refractivity contribution in [1.29, 1.82) is 0 Å². The molecule has 0 aromatic carbocycles. The van der Waals surface area contributed by atoms with E-state index in [9.17, 15) is 9.59 Å². The SMILES string of the molecule is Cc1nc(C2(NC(=O)CN(C)C(=O)c3ccc(Br)s3)CCCCCC2)no1. The standard InChI is InChI=1S/C18H23BrN4O3S/c1-12-20-17(22-26-12)18(9-5-3-4-6-10-18)21-15(24)11-23(2)16(25)13-7-8-14(19)27-13/h7-8H,3-6,9-11H2,1-2H3,(H,21,24). The molecule has 0 unspecified atom stereocenters. The van der Waals surface area contributed by atoms with Crippen LogP contribution in [-0.2, 0) is 10.3 Å². The normalized spacial score (nSPS) is 16.6. The van der Waals surface area contributed by atoms with Crippen LogP contribution in [0.1, 0.15) is 59.9 Å². The monoisotopic (exact) mass is 454 g/mol. The van der Waals surface area contributed by atoms with Gasteiger partial charge in [0.1, 0.15) is 5.54 Å². The molecule has 0 aliphatic heterocycles. The zero-order chi connectivity index (χ0) is 19.4. The molecule has 9 heteroatoms. The minimum atomic E-state index is -0.624. The lowest BCUT2D eigenvalue weighted by molar-refractivity contribution is -0.124. The van der Waals surface area contributed by atoms with Gasteiger partial charge in [-0.1, -0.05) is 30.8 Å². The second-order valence-corrected chi connectivity index (χ2v) is 9.41. The third kappa shape index (κ3) is 4.76. The van der Waals surface area contributed by atoms with Crippen LogP contribution in [0.5, 0.6) is 0 Å². The number of thiophene rings is 1. The van der Waals surface area contributed by atoms with Crippen LogP contribution >= 0.6 is 27.3 Å².